The molecular formula is C14H18O3. The standard InChI is InChI=1S/C14H18O3/c1-15-9-14-13-8-12(17-14)11(16-13)7-10-5-3-2-4-6-10/h2-6,11-14H,7-9H2,1H3. The highest BCUT2D eigenvalue weighted by molar-refractivity contribution is 5.16. The number of hydrogen-bond acceptors (Lipinski definition) is 3. The summed E-state index contributed by atoms with van der Waals surface area (Å²) in [6.07, 6.45) is 2.80. The van der Waals surface area contributed by atoms with Crippen LogP contribution in [0.25, 0.3) is 0 Å². The van der Waals surface area contributed by atoms with Crippen molar-refractivity contribution in [3.8, 4) is 0 Å². The van der Waals surface area contributed by atoms with E-state index in [1.807, 2.05) is 6.07 Å². The third kappa shape index (κ3) is 2.23. The molecule has 4 unspecified atom stereocenters. The number of ether oxygens (including phenoxy) is 3. The molecule has 4 atom stereocenters. The lowest BCUT2D eigenvalue weighted by Crippen LogP contribution is -2.39. The molecule has 3 heteroatoms. The number of hydrogen-bond donors (Lipinski definition) is 0. The Morgan fingerprint density at radius 3 is 2.47 bits per heavy atom. The summed E-state index contributed by atoms with van der Waals surface area (Å²) in [5.41, 5.74) is 1.32. The molecule has 0 aromatic heterocycles. The molecule has 0 radical (unpaired) electrons. The van der Waals surface area contributed by atoms with Crippen LogP contribution in [0.3, 0.4) is 0 Å². The van der Waals surface area contributed by atoms with Crippen molar-refractivity contribution in [3.63, 3.8) is 0 Å². The van der Waals surface area contributed by atoms with Crippen LogP contribution in [0, 0.1) is 0 Å². The van der Waals surface area contributed by atoms with E-state index in [4.69, 9.17) is 14.2 Å². The lowest BCUT2D eigenvalue weighted by atomic mass is 10.0. The van der Waals surface area contributed by atoms with Gasteiger partial charge in [0.1, 0.15) is 6.10 Å². The monoisotopic (exact) mass is 234 g/mol. The molecule has 2 fully saturated rings. The van der Waals surface area contributed by atoms with E-state index in [2.05, 4.69) is 24.3 Å². The van der Waals surface area contributed by atoms with Crippen molar-refractivity contribution in [2.75, 3.05) is 13.7 Å². The lowest BCUT2D eigenvalue weighted by Gasteiger charge is -2.28. The molecule has 3 nitrogen and oxygen atoms in total. The van der Waals surface area contributed by atoms with Gasteiger partial charge in [-0.1, -0.05) is 30.3 Å². The van der Waals surface area contributed by atoms with Crippen LogP contribution in [-0.4, -0.2) is 38.1 Å². The number of fused-ring (bicyclic) bond motifs is 2. The van der Waals surface area contributed by atoms with E-state index in [0.29, 0.717) is 6.61 Å². The molecule has 17 heavy (non-hydrogen) atoms. The Kier molecular flexibility index (Phi) is 3.14. The van der Waals surface area contributed by atoms with Gasteiger partial charge >= 0.3 is 0 Å². The summed E-state index contributed by atoms with van der Waals surface area (Å²) in [7, 11) is 1.71. The number of rotatable bonds is 4. The molecule has 2 aliphatic rings. The summed E-state index contributed by atoms with van der Waals surface area (Å²) in [5.74, 6) is 0. The summed E-state index contributed by atoms with van der Waals surface area (Å²) >= 11 is 0. The van der Waals surface area contributed by atoms with Crippen molar-refractivity contribution in [3.05, 3.63) is 35.9 Å². The number of benzene rings is 1. The van der Waals surface area contributed by atoms with Crippen LogP contribution in [0.15, 0.2) is 30.3 Å². The SMILES string of the molecule is COCC1OC2CC1OC2Cc1ccccc1. The molecule has 2 heterocycles. The summed E-state index contributed by atoms with van der Waals surface area (Å²) in [6.45, 7) is 0.638. The molecule has 0 saturated carbocycles. The Morgan fingerprint density at radius 2 is 1.82 bits per heavy atom. The average Bonchev–Trinajstić information content (AvgIpc) is 2.90. The van der Waals surface area contributed by atoms with Gasteiger partial charge in [-0.15, -0.1) is 0 Å². The second kappa shape index (κ2) is 4.77. The molecule has 2 aliphatic heterocycles. The van der Waals surface area contributed by atoms with Gasteiger partial charge in [0.15, 0.2) is 0 Å². The smallest absolute Gasteiger partial charge is 0.107 e. The third-order valence-electron chi connectivity index (χ3n) is 3.60. The van der Waals surface area contributed by atoms with Crippen molar-refractivity contribution in [1.82, 2.24) is 0 Å². The molecule has 2 bridgehead atoms. The second-order valence-corrected chi connectivity index (χ2v) is 4.81. The Hall–Kier alpha value is -0.900. The van der Waals surface area contributed by atoms with E-state index in [1.165, 1.54) is 5.56 Å². The van der Waals surface area contributed by atoms with Crippen LogP contribution in [0.4, 0.5) is 0 Å². The molecule has 0 N–H and O–H groups in total. The van der Waals surface area contributed by atoms with Gasteiger partial charge in [0, 0.05) is 20.0 Å². The first-order valence-electron chi connectivity index (χ1n) is 6.20. The van der Waals surface area contributed by atoms with Crippen LogP contribution >= 0.6 is 0 Å². The first kappa shape index (κ1) is 11.2. The van der Waals surface area contributed by atoms with Crippen molar-refractivity contribution in [2.45, 2.75) is 37.3 Å². The van der Waals surface area contributed by atoms with Gasteiger partial charge in [0.25, 0.3) is 0 Å². The van der Waals surface area contributed by atoms with Crippen molar-refractivity contribution < 1.29 is 14.2 Å². The van der Waals surface area contributed by atoms with Crippen LogP contribution in [-0.2, 0) is 20.6 Å². The summed E-state index contributed by atoms with van der Waals surface area (Å²) in [5, 5.41) is 0. The van der Waals surface area contributed by atoms with Gasteiger partial charge in [0.05, 0.1) is 24.9 Å². The zero-order valence-corrected chi connectivity index (χ0v) is 10.0. The van der Waals surface area contributed by atoms with E-state index in [0.717, 1.165) is 12.8 Å². The third-order valence-corrected chi connectivity index (χ3v) is 3.60. The van der Waals surface area contributed by atoms with E-state index < -0.39 is 0 Å². The van der Waals surface area contributed by atoms with Gasteiger partial charge < -0.3 is 14.2 Å². The first-order valence-corrected chi connectivity index (χ1v) is 6.20. The fourth-order valence-electron chi connectivity index (χ4n) is 2.78. The zero-order valence-electron chi connectivity index (χ0n) is 10.0. The first-order chi connectivity index (χ1) is 8.36. The Bertz CT molecular complexity index is 365. The largest absolute Gasteiger partial charge is 0.382 e. The van der Waals surface area contributed by atoms with E-state index in [1.54, 1.807) is 7.11 Å². The summed E-state index contributed by atoms with van der Waals surface area (Å²) in [4.78, 5) is 0. The summed E-state index contributed by atoms with van der Waals surface area (Å²) in [6, 6.07) is 10.5. The highest BCUT2D eigenvalue weighted by Gasteiger charge is 2.47. The van der Waals surface area contributed by atoms with Crippen LogP contribution in [0.5, 0.6) is 0 Å². The van der Waals surface area contributed by atoms with E-state index >= 15 is 0 Å². The quantitative estimate of drug-likeness (QED) is 0.795. The normalized spacial score (nSPS) is 35.4. The van der Waals surface area contributed by atoms with Gasteiger partial charge in [0.2, 0.25) is 0 Å². The summed E-state index contributed by atoms with van der Waals surface area (Å²) < 4.78 is 17.1. The zero-order chi connectivity index (χ0) is 11.7. The van der Waals surface area contributed by atoms with Crippen LogP contribution in [0.1, 0.15) is 12.0 Å². The van der Waals surface area contributed by atoms with Crippen molar-refractivity contribution in [1.29, 1.82) is 0 Å². The highest BCUT2D eigenvalue weighted by atomic mass is 16.6. The molecule has 0 amide bonds. The molecule has 1 aromatic rings. The second-order valence-electron chi connectivity index (χ2n) is 4.81. The topological polar surface area (TPSA) is 27.7 Å². The van der Waals surface area contributed by atoms with Crippen molar-refractivity contribution in [2.24, 2.45) is 0 Å². The maximum Gasteiger partial charge on any atom is 0.107 e. The van der Waals surface area contributed by atoms with E-state index in [-0.39, 0.29) is 24.4 Å². The minimum Gasteiger partial charge on any atom is -0.382 e. The minimum absolute atomic E-state index is 0.136. The molecular weight excluding hydrogens is 216 g/mol. The van der Waals surface area contributed by atoms with E-state index in [9.17, 15) is 0 Å². The van der Waals surface area contributed by atoms with Crippen molar-refractivity contribution >= 4 is 0 Å². The Balaban J connectivity index is 1.59. The van der Waals surface area contributed by atoms with Gasteiger partial charge in [-0.25, -0.2) is 0 Å². The predicted molar refractivity (Wildman–Crippen MR) is 64.0 cm³/mol. The molecule has 92 valence electrons. The Morgan fingerprint density at radius 1 is 1.12 bits per heavy atom. The molecule has 1 aromatic carbocycles. The minimum atomic E-state index is 0.136. The molecule has 3 rings (SSSR count). The maximum atomic E-state index is 6.02. The molecule has 0 aliphatic carbocycles. The van der Waals surface area contributed by atoms with Gasteiger partial charge in [-0.05, 0) is 5.56 Å². The van der Waals surface area contributed by atoms with Gasteiger partial charge in [-0.2, -0.15) is 0 Å². The van der Waals surface area contributed by atoms with Crippen LogP contribution < -0.4 is 0 Å². The highest BCUT2D eigenvalue weighted by Crippen LogP contribution is 2.36. The predicted octanol–water partition coefficient (Wildman–Crippen LogP) is 1.80. The number of methoxy groups -OCH3 is 1. The average molecular weight is 234 g/mol. The molecule has 2 saturated heterocycles. The fraction of sp³-hybridized carbons (Fsp3) is 0.571. The fourth-order valence-corrected chi connectivity index (χ4v) is 2.78. The molecule has 0 spiro atoms. The maximum absolute atomic E-state index is 6.02. The Labute approximate surface area is 102 Å². The van der Waals surface area contributed by atoms with Crippen LogP contribution in [0.2, 0.25) is 0 Å². The van der Waals surface area contributed by atoms with Gasteiger partial charge in [-0.3, -0.25) is 0 Å². The lowest BCUT2D eigenvalue weighted by molar-refractivity contribution is -0.151.